The van der Waals surface area contributed by atoms with Gasteiger partial charge in [-0.3, -0.25) is 4.79 Å². The second kappa shape index (κ2) is 6.55. The van der Waals surface area contributed by atoms with E-state index in [1.54, 1.807) is 18.2 Å². The smallest absolute Gasteiger partial charge is 0.258 e. The Morgan fingerprint density at radius 1 is 1.04 bits per heavy atom. The third-order valence-corrected chi connectivity index (χ3v) is 5.76. The van der Waals surface area contributed by atoms with Crippen LogP contribution in [0.1, 0.15) is 29.6 Å². The number of nitrogens with zero attached hydrogens (tertiary/aromatic N) is 1. The number of amides is 1. The number of hydrogen-bond donors (Lipinski definition) is 1. The second-order valence-electron chi connectivity index (χ2n) is 5.46. The fourth-order valence-electron chi connectivity index (χ4n) is 2.56. The van der Waals surface area contributed by atoms with Crippen LogP contribution in [0.25, 0.3) is 0 Å². The third-order valence-electron chi connectivity index (χ3n) is 3.85. The van der Waals surface area contributed by atoms with Crippen molar-refractivity contribution in [2.75, 3.05) is 18.4 Å². The van der Waals surface area contributed by atoms with Crippen LogP contribution in [0.15, 0.2) is 52.2 Å². The molecule has 2 heterocycles. The average molecular weight is 334 g/mol. The van der Waals surface area contributed by atoms with Crippen molar-refractivity contribution >= 4 is 21.6 Å². The lowest BCUT2D eigenvalue weighted by Gasteiger charge is -2.25. The molecule has 7 heteroatoms. The van der Waals surface area contributed by atoms with Crippen molar-refractivity contribution in [3.8, 4) is 0 Å². The Balaban J connectivity index is 1.72. The summed E-state index contributed by atoms with van der Waals surface area (Å²) in [6.07, 6.45) is 5.65. The van der Waals surface area contributed by atoms with Gasteiger partial charge < -0.3 is 9.73 Å². The molecule has 2 aromatic rings. The number of sulfonamides is 1. The van der Waals surface area contributed by atoms with E-state index in [4.69, 9.17) is 4.42 Å². The molecule has 0 saturated carbocycles. The summed E-state index contributed by atoms with van der Waals surface area (Å²) in [5.41, 5.74) is 0.948. The van der Waals surface area contributed by atoms with Gasteiger partial charge >= 0.3 is 0 Å². The predicted octanol–water partition coefficient (Wildman–Crippen LogP) is 2.71. The summed E-state index contributed by atoms with van der Waals surface area (Å²) < 4.78 is 31.4. The van der Waals surface area contributed by atoms with Crippen LogP contribution in [0, 0.1) is 0 Å². The Bertz CT molecular complexity index is 761. The fourth-order valence-corrected chi connectivity index (χ4v) is 4.08. The molecule has 1 aliphatic rings. The summed E-state index contributed by atoms with van der Waals surface area (Å²) in [5, 5.41) is 2.70. The van der Waals surface area contributed by atoms with Crippen molar-refractivity contribution in [2.45, 2.75) is 24.2 Å². The molecular formula is C16H18N2O4S. The Morgan fingerprint density at radius 2 is 1.74 bits per heavy atom. The molecule has 0 aliphatic carbocycles. The molecular weight excluding hydrogens is 316 g/mol. The van der Waals surface area contributed by atoms with Crippen LogP contribution in [0.3, 0.4) is 0 Å². The van der Waals surface area contributed by atoms with E-state index in [9.17, 15) is 13.2 Å². The lowest BCUT2D eigenvalue weighted by atomic mass is 10.2. The van der Waals surface area contributed by atoms with Crippen LogP contribution in [0.2, 0.25) is 0 Å². The molecule has 0 unspecified atom stereocenters. The molecule has 1 N–H and O–H groups in total. The highest BCUT2D eigenvalue weighted by atomic mass is 32.2. The zero-order valence-corrected chi connectivity index (χ0v) is 13.4. The predicted molar refractivity (Wildman–Crippen MR) is 85.7 cm³/mol. The summed E-state index contributed by atoms with van der Waals surface area (Å²) in [4.78, 5) is 12.2. The lowest BCUT2D eigenvalue weighted by molar-refractivity contribution is 0.102. The Labute approximate surface area is 135 Å². The van der Waals surface area contributed by atoms with E-state index in [-0.39, 0.29) is 10.8 Å². The number of hydrogen-bond acceptors (Lipinski definition) is 4. The summed E-state index contributed by atoms with van der Waals surface area (Å²) in [6, 6.07) is 7.79. The van der Waals surface area contributed by atoms with Gasteiger partial charge in [0.05, 0.1) is 16.7 Å². The van der Waals surface area contributed by atoms with E-state index in [1.165, 1.54) is 29.0 Å². The van der Waals surface area contributed by atoms with Gasteiger partial charge in [0.2, 0.25) is 10.0 Å². The van der Waals surface area contributed by atoms with Crippen LogP contribution < -0.4 is 5.32 Å². The average Bonchev–Trinajstić information content (AvgIpc) is 3.11. The molecule has 1 saturated heterocycles. The van der Waals surface area contributed by atoms with Crippen LogP contribution >= 0.6 is 0 Å². The maximum atomic E-state index is 12.5. The Hall–Kier alpha value is -2.12. The van der Waals surface area contributed by atoms with Crippen LogP contribution in [-0.4, -0.2) is 31.7 Å². The number of carbonyl (C=O) groups excluding carboxylic acids is 1. The number of nitrogens with one attached hydrogen (secondary N) is 1. The molecule has 1 fully saturated rings. The van der Waals surface area contributed by atoms with Crippen LogP contribution in [-0.2, 0) is 10.0 Å². The summed E-state index contributed by atoms with van der Waals surface area (Å²) in [5.74, 6) is -0.301. The largest absolute Gasteiger partial charge is 0.472 e. The van der Waals surface area contributed by atoms with Gasteiger partial charge in [0.15, 0.2) is 0 Å². The number of carbonyl (C=O) groups is 1. The van der Waals surface area contributed by atoms with Gasteiger partial charge in [-0.1, -0.05) is 6.42 Å². The van der Waals surface area contributed by atoms with E-state index in [0.717, 1.165) is 19.3 Å². The minimum absolute atomic E-state index is 0.251. The minimum atomic E-state index is -3.44. The molecule has 122 valence electrons. The molecule has 0 spiro atoms. The van der Waals surface area contributed by atoms with Gasteiger partial charge in [0, 0.05) is 18.8 Å². The molecule has 1 amide bonds. The highest BCUT2D eigenvalue weighted by molar-refractivity contribution is 7.89. The molecule has 3 rings (SSSR count). The first-order valence-electron chi connectivity index (χ1n) is 7.51. The zero-order valence-electron chi connectivity index (χ0n) is 12.6. The normalized spacial score (nSPS) is 16.2. The van der Waals surface area contributed by atoms with Crippen LogP contribution in [0.4, 0.5) is 5.69 Å². The van der Waals surface area contributed by atoms with Crippen molar-refractivity contribution in [3.05, 3.63) is 48.4 Å². The maximum Gasteiger partial charge on any atom is 0.258 e. The van der Waals surface area contributed by atoms with E-state index >= 15 is 0 Å². The molecule has 1 aromatic carbocycles. The van der Waals surface area contributed by atoms with Crippen molar-refractivity contribution in [3.63, 3.8) is 0 Å². The number of piperidine rings is 1. The van der Waals surface area contributed by atoms with Crippen molar-refractivity contribution in [2.24, 2.45) is 0 Å². The Morgan fingerprint density at radius 3 is 2.35 bits per heavy atom. The number of furan rings is 1. The van der Waals surface area contributed by atoms with Gasteiger partial charge in [-0.25, -0.2) is 8.42 Å². The zero-order chi connectivity index (χ0) is 16.3. The van der Waals surface area contributed by atoms with Gasteiger partial charge in [-0.15, -0.1) is 0 Å². The molecule has 1 aromatic heterocycles. The topological polar surface area (TPSA) is 79.6 Å². The third kappa shape index (κ3) is 3.46. The van der Waals surface area contributed by atoms with E-state index < -0.39 is 10.0 Å². The fraction of sp³-hybridized carbons (Fsp3) is 0.312. The standard InChI is InChI=1S/C16H18N2O4S/c19-16(13-8-11-22-12-13)17-14-4-6-15(7-5-14)23(20,21)18-9-2-1-3-10-18/h4-8,11-12H,1-3,9-10H2,(H,17,19). The SMILES string of the molecule is O=C(Nc1ccc(S(=O)(=O)N2CCCCC2)cc1)c1ccoc1. The van der Waals surface area contributed by atoms with E-state index in [1.807, 2.05) is 0 Å². The first-order chi connectivity index (χ1) is 11.1. The molecule has 6 nitrogen and oxygen atoms in total. The van der Waals surface area contributed by atoms with Gasteiger partial charge in [0.25, 0.3) is 5.91 Å². The summed E-state index contributed by atoms with van der Waals surface area (Å²) >= 11 is 0. The first-order valence-corrected chi connectivity index (χ1v) is 8.95. The summed E-state index contributed by atoms with van der Waals surface area (Å²) in [7, 11) is -3.44. The van der Waals surface area contributed by atoms with Gasteiger partial charge in [-0.2, -0.15) is 4.31 Å². The van der Waals surface area contributed by atoms with E-state index in [0.29, 0.717) is 24.3 Å². The molecule has 0 radical (unpaired) electrons. The lowest BCUT2D eigenvalue weighted by Crippen LogP contribution is -2.35. The monoisotopic (exact) mass is 334 g/mol. The van der Waals surface area contributed by atoms with Gasteiger partial charge in [0.1, 0.15) is 6.26 Å². The quantitative estimate of drug-likeness (QED) is 0.932. The van der Waals surface area contributed by atoms with Crippen LogP contribution in [0.5, 0.6) is 0 Å². The second-order valence-corrected chi connectivity index (χ2v) is 7.39. The maximum absolute atomic E-state index is 12.5. The number of anilines is 1. The molecule has 1 aliphatic heterocycles. The summed E-state index contributed by atoms with van der Waals surface area (Å²) in [6.45, 7) is 1.14. The molecule has 0 atom stereocenters. The number of rotatable bonds is 4. The van der Waals surface area contributed by atoms with Crippen molar-refractivity contribution < 1.29 is 17.6 Å². The van der Waals surface area contributed by atoms with Crippen molar-refractivity contribution in [1.82, 2.24) is 4.31 Å². The number of benzene rings is 1. The first kappa shape index (κ1) is 15.8. The Kier molecular flexibility index (Phi) is 4.49. The van der Waals surface area contributed by atoms with Crippen molar-refractivity contribution in [1.29, 1.82) is 0 Å². The molecule has 23 heavy (non-hydrogen) atoms. The van der Waals surface area contributed by atoms with Gasteiger partial charge in [-0.05, 0) is 43.2 Å². The highest BCUT2D eigenvalue weighted by Gasteiger charge is 2.25. The minimum Gasteiger partial charge on any atom is -0.472 e. The van der Waals surface area contributed by atoms with E-state index in [2.05, 4.69) is 5.32 Å². The molecule has 0 bridgehead atoms. The highest BCUT2D eigenvalue weighted by Crippen LogP contribution is 2.22.